The Morgan fingerprint density at radius 2 is 1.85 bits per heavy atom. The van der Waals surface area contributed by atoms with E-state index in [0.717, 1.165) is 0 Å². The minimum atomic E-state index is -4.27. The number of alkyl halides is 3. The topological polar surface area (TPSA) is 43.9 Å². The van der Waals surface area contributed by atoms with Gasteiger partial charge in [0.05, 0.1) is 18.2 Å². The SMILES string of the molecule is O=C(C1CC(=O)N(c2ccccc2F)C1)N1CCCN(CC(F)(F)F)CC1. The highest BCUT2D eigenvalue weighted by atomic mass is 19.4. The summed E-state index contributed by atoms with van der Waals surface area (Å²) in [6.45, 7) is 0.0629. The van der Waals surface area contributed by atoms with E-state index in [1.54, 1.807) is 6.07 Å². The van der Waals surface area contributed by atoms with Gasteiger partial charge < -0.3 is 9.80 Å². The van der Waals surface area contributed by atoms with Gasteiger partial charge in [0, 0.05) is 39.1 Å². The molecular formula is C18H21F4N3O2. The second-order valence-corrected chi connectivity index (χ2v) is 6.93. The smallest absolute Gasteiger partial charge is 0.341 e. The summed E-state index contributed by atoms with van der Waals surface area (Å²) in [5, 5.41) is 0. The molecule has 5 nitrogen and oxygen atoms in total. The van der Waals surface area contributed by atoms with Gasteiger partial charge in [0.1, 0.15) is 5.82 Å². The number of hydrogen-bond acceptors (Lipinski definition) is 3. The zero-order valence-electron chi connectivity index (χ0n) is 14.7. The quantitative estimate of drug-likeness (QED) is 0.748. The summed E-state index contributed by atoms with van der Waals surface area (Å²) >= 11 is 0. The van der Waals surface area contributed by atoms with E-state index in [4.69, 9.17) is 0 Å². The van der Waals surface area contributed by atoms with Gasteiger partial charge in [-0.3, -0.25) is 14.5 Å². The van der Waals surface area contributed by atoms with Gasteiger partial charge in [-0.1, -0.05) is 12.1 Å². The Kier molecular flexibility index (Phi) is 5.69. The van der Waals surface area contributed by atoms with E-state index in [1.165, 1.54) is 32.9 Å². The minimum absolute atomic E-state index is 0.0179. The Morgan fingerprint density at radius 3 is 2.56 bits per heavy atom. The van der Waals surface area contributed by atoms with Crippen LogP contribution in [0.3, 0.4) is 0 Å². The van der Waals surface area contributed by atoms with Crippen molar-refractivity contribution >= 4 is 17.5 Å². The fourth-order valence-electron chi connectivity index (χ4n) is 3.64. The van der Waals surface area contributed by atoms with Crippen molar-refractivity contribution in [3.63, 3.8) is 0 Å². The maximum Gasteiger partial charge on any atom is 0.401 e. The Balaban J connectivity index is 1.61. The molecule has 1 unspecified atom stereocenters. The molecule has 2 amide bonds. The molecule has 2 heterocycles. The van der Waals surface area contributed by atoms with Crippen LogP contribution in [0.15, 0.2) is 24.3 Å². The van der Waals surface area contributed by atoms with Crippen molar-refractivity contribution in [3.8, 4) is 0 Å². The first-order valence-electron chi connectivity index (χ1n) is 8.87. The molecule has 3 rings (SSSR count). The molecule has 1 atom stereocenters. The summed E-state index contributed by atoms with van der Waals surface area (Å²) < 4.78 is 51.6. The van der Waals surface area contributed by atoms with Crippen LogP contribution in [0.5, 0.6) is 0 Å². The van der Waals surface area contributed by atoms with Crippen molar-refractivity contribution in [2.24, 2.45) is 5.92 Å². The zero-order chi connectivity index (χ0) is 19.6. The van der Waals surface area contributed by atoms with Crippen molar-refractivity contribution < 1.29 is 27.2 Å². The number of anilines is 1. The van der Waals surface area contributed by atoms with Crippen LogP contribution in [0, 0.1) is 11.7 Å². The lowest BCUT2D eigenvalue weighted by Crippen LogP contribution is -2.41. The molecule has 0 spiro atoms. The second kappa shape index (κ2) is 7.84. The van der Waals surface area contributed by atoms with Gasteiger partial charge in [0.2, 0.25) is 11.8 Å². The third kappa shape index (κ3) is 4.77. The summed E-state index contributed by atoms with van der Waals surface area (Å²) in [6.07, 6.45) is -3.84. The van der Waals surface area contributed by atoms with Crippen LogP contribution in [0.2, 0.25) is 0 Å². The summed E-state index contributed by atoms with van der Waals surface area (Å²) in [5.74, 6) is -1.72. The monoisotopic (exact) mass is 387 g/mol. The lowest BCUT2D eigenvalue weighted by Gasteiger charge is -2.25. The number of carbonyl (C=O) groups excluding carboxylic acids is 2. The largest absolute Gasteiger partial charge is 0.401 e. The van der Waals surface area contributed by atoms with Crippen molar-refractivity contribution in [2.75, 3.05) is 44.2 Å². The summed E-state index contributed by atoms with van der Waals surface area (Å²) in [6, 6.07) is 5.87. The molecule has 0 aliphatic carbocycles. The van der Waals surface area contributed by atoms with Crippen molar-refractivity contribution in [2.45, 2.75) is 19.0 Å². The minimum Gasteiger partial charge on any atom is -0.341 e. The molecule has 2 aliphatic rings. The van der Waals surface area contributed by atoms with Crippen LogP contribution in [0.25, 0.3) is 0 Å². The molecule has 0 bridgehead atoms. The molecule has 2 fully saturated rings. The average Bonchev–Trinajstić information content (AvgIpc) is 2.82. The van der Waals surface area contributed by atoms with Crippen molar-refractivity contribution in [3.05, 3.63) is 30.1 Å². The molecule has 1 aromatic rings. The van der Waals surface area contributed by atoms with E-state index in [-0.39, 0.29) is 50.1 Å². The lowest BCUT2D eigenvalue weighted by molar-refractivity contribution is -0.145. The molecule has 27 heavy (non-hydrogen) atoms. The first kappa shape index (κ1) is 19.6. The maximum atomic E-state index is 13.9. The van der Waals surface area contributed by atoms with Gasteiger partial charge in [0.25, 0.3) is 0 Å². The number of nitrogens with zero attached hydrogens (tertiary/aromatic N) is 3. The average molecular weight is 387 g/mol. The van der Waals surface area contributed by atoms with Gasteiger partial charge in [-0.05, 0) is 18.6 Å². The van der Waals surface area contributed by atoms with Crippen molar-refractivity contribution in [1.82, 2.24) is 9.80 Å². The maximum absolute atomic E-state index is 13.9. The fourth-order valence-corrected chi connectivity index (χ4v) is 3.64. The molecule has 2 saturated heterocycles. The number of benzene rings is 1. The molecule has 0 saturated carbocycles. The molecule has 9 heteroatoms. The molecule has 148 valence electrons. The molecular weight excluding hydrogens is 366 g/mol. The first-order chi connectivity index (χ1) is 12.7. The van der Waals surface area contributed by atoms with Crippen LogP contribution in [-0.4, -0.2) is 67.1 Å². The predicted octanol–water partition coefficient (Wildman–Crippen LogP) is 2.28. The molecule has 0 N–H and O–H groups in total. The third-order valence-corrected chi connectivity index (χ3v) is 4.92. The highest BCUT2D eigenvalue weighted by molar-refractivity contribution is 6.00. The summed E-state index contributed by atoms with van der Waals surface area (Å²) in [7, 11) is 0. The molecule has 0 radical (unpaired) electrons. The highest BCUT2D eigenvalue weighted by Crippen LogP contribution is 2.28. The Morgan fingerprint density at radius 1 is 1.11 bits per heavy atom. The Bertz CT molecular complexity index is 710. The van der Waals surface area contributed by atoms with E-state index in [1.807, 2.05) is 0 Å². The molecule has 2 aliphatic heterocycles. The van der Waals surface area contributed by atoms with E-state index in [9.17, 15) is 27.2 Å². The van der Waals surface area contributed by atoms with E-state index < -0.39 is 24.5 Å². The highest BCUT2D eigenvalue weighted by Gasteiger charge is 2.39. The van der Waals surface area contributed by atoms with Crippen LogP contribution < -0.4 is 4.90 Å². The first-order valence-corrected chi connectivity index (χ1v) is 8.87. The second-order valence-electron chi connectivity index (χ2n) is 6.93. The molecule has 1 aromatic carbocycles. The van der Waals surface area contributed by atoms with E-state index in [2.05, 4.69) is 0 Å². The Hall–Kier alpha value is -2.16. The number of halogens is 4. The van der Waals surface area contributed by atoms with Gasteiger partial charge >= 0.3 is 6.18 Å². The van der Waals surface area contributed by atoms with Crippen molar-refractivity contribution in [1.29, 1.82) is 0 Å². The summed E-state index contributed by atoms with van der Waals surface area (Å²) in [5.41, 5.74) is 0.144. The lowest BCUT2D eigenvalue weighted by atomic mass is 10.1. The van der Waals surface area contributed by atoms with Crippen LogP contribution in [-0.2, 0) is 9.59 Å². The standard InChI is InChI=1S/C18H21F4N3O2/c19-14-4-1-2-5-15(14)25-11-13(10-16(25)26)17(27)24-7-3-6-23(8-9-24)12-18(20,21)22/h1-2,4-5,13H,3,6-12H2. The fraction of sp³-hybridized carbons (Fsp3) is 0.556. The zero-order valence-corrected chi connectivity index (χ0v) is 14.7. The summed E-state index contributed by atoms with van der Waals surface area (Å²) in [4.78, 5) is 29.1. The van der Waals surface area contributed by atoms with Crippen LogP contribution in [0.1, 0.15) is 12.8 Å². The predicted molar refractivity (Wildman–Crippen MR) is 90.6 cm³/mol. The van der Waals surface area contributed by atoms with E-state index in [0.29, 0.717) is 13.0 Å². The third-order valence-electron chi connectivity index (χ3n) is 4.92. The normalized spacial score (nSPS) is 22.2. The van der Waals surface area contributed by atoms with Gasteiger partial charge in [-0.15, -0.1) is 0 Å². The van der Waals surface area contributed by atoms with Crippen LogP contribution in [0.4, 0.5) is 23.2 Å². The van der Waals surface area contributed by atoms with E-state index >= 15 is 0 Å². The van der Waals surface area contributed by atoms with Gasteiger partial charge in [-0.25, -0.2) is 4.39 Å². The number of amides is 2. The van der Waals surface area contributed by atoms with Crippen LogP contribution >= 0.6 is 0 Å². The number of carbonyl (C=O) groups is 2. The van der Waals surface area contributed by atoms with Gasteiger partial charge in [0.15, 0.2) is 0 Å². The molecule has 0 aromatic heterocycles. The Labute approximate surface area is 154 Å². The number of hydrogen-bond donors (Lipinski definition) is 0. The van der Waals surface area contributed by atoms with Gasteiger partial charge in [-0.2, -0.15) is 13.2 Å². The number of rotatable bonds is 3. The number of para-hydroxylation sites is 1.